The summed E-state index contributed by atoms with van der Waals surface area (Å²) in [5, 5.41) is 8.74. The van der Waals surface area contributed by atoms with Crippen molar-refractivity contribution in [2.45, 2.75) is 65.2 Å². The van der Waals surface area contributed by atoms with Gasteiger partial charge >= 0.3 is 0 Å². The molecule has 3 aromatic rings. The Morgan fingerprint density at radius 2 is 1.85 bits per heavy atom. The lowest BCUT2D eigenvalue weighted by molar-refractivity contribution is -0.115. The third-order valence-electron chi connectivity index (χ3n) is 6.06. The minimum Gasteiger partial charge on any atom is -0.310 e. The number of aromatic nitrogens is 3. The van der Waals surface area contributed by atoms with Gasteiger partial charge in [-0.05, 0) is 51.4 Å². The number of thiazole rings is 1. The third-order valence-corrected chi connectivity index (χ3v) is 7.12. The lowest BCUT2D eigenvalue weighted by Crippen LogP contribution is -2.31. The Hall–Kier alpha value is -2.51. The van der Waals surface area contributed by atoms with Crippen LogP contribution in [0.3, 0.4) is 0 Å². The number of rotatable bonds is 7. The second kappa shape index (κ2) is 10.2. The summed E-state index contributed by atoms with van der Waals surface area (Å²) in [5.41, 5.74) is 2.94. The van der Waals surface area contributed by atoms with Crippen LogP contribution in [-0.2, 0) is 23.1 Å². The van der Waals surface area contributed by atoms with Gasteiger partial charge in [-0.1, -0.05) is 44.9 Å². The monoisotopic (exact) mass is 465 g/mol. The molecule has 2 aromatic heterocycles. The number of nitrogens with one attached hydrogen (secondary N) is 1. The zero-order valence-electron chi connectivity index (χ0n) is 20.2. The van der Waals surface area contributed by atoms with Crippen LogP contribution in [0.1, 0.15) is 61.2 Å². The van der Waals surface area contributed by atoms with Crippen molar-refractivity contribution in [2.24, 2.45) is 0 Å². The summed E-state index contributed by atoms with van der Waals surface area (Å²) in [4.78, 5) is 21.2. The maximum absolute atomic E-state index is 12.9. The molecule has 0 saturated carbocycles. The number of piperidine rings is 1. The second-order valence-electron chi connectivity index (χ2n) is 10.0. The molecule has 4 rings (SSSR count). The van der Waals surface area contributed by atoms with Crippen LogP contribution in [-0.4, -0.2) is 45.2 Å². The van der Waals surface area contributed by atoms with Gasteiger partial charge in [0.15, 0.2) is 0 Å². The first-order valence-electron chi connectivity index (χ1n) is 11.9. The SMILES string of the molecule is Cc1ccc(-n2nc(C(C)(C)C)cc2NC(=O)Cc2ncc(CCN3CCCCC3)s2)cc1. The number of benzene rings is 1. The maximum Gasteiger partial charge on any atom is 0.232 e. The van der Waals surface area contributed by atoms with Gasteiger partial charge in [0.05, 0.1) is 17.8 Å². The number of hydrogen-bond donors (Lipinski definition) is 1. The number of carbonyl (C=O) groups is 1. The van der Waals surface area contributed by atoms with Crippen LogP contribution < -0.4 is 5.32 Å². The molecular formula is C26H35N5OS. The van der Waals surface area contributed by atoms with E-state index in [0.717, 1.165) is 29.4 Å². The lowest BCUT2D eigenvalue weighted by Gasteiger charge is -2.25. The summed E-state index contributed by atoms with van der Waals surface area (Å²) >= 11 is 1.65. The fourth-order valence-corrected chi connectivity index (χ4v) is 4.95. The molecule has 1 N–H and O–H groups in total. The smallest absolute Gasteiger partial charge is 0.232 e. The average molecular weight is 466 g/mol. The van der Waals surface area contributed by atoms with E-state index in [2.05, 4.69) is 55.0 Å². The van der Waals surface area contributed by atoms with Crippen LogP contribution in [0.4, 0.5) is 5.82 Å². The third kappa shape index (κ3) is 6.30. The summed E-state index contributed by atoms with van der Waals surface area (Å²) in [7, 11) is 0. The first-order valence-corrected chi connectivity index (χ1v) is 12.7. The van der Waals surface area contributed by atoms with Gasteiger partial charge in [0.2, 0.25) is 5.91 Å². The first-order chi connectivity index (χ1) is 15.8. The highest BCUT2D eigenvalue weighted by Crippen LogP contribution is 2.27. The van der Waals surface area contributed by atoms with Crippen molar-refractivity contribution in [3.05, 3.63) is 57.7 Å². The zero-order valence-corrected chi connectivity index (χ0v) is 21.0. The van der Waals surface area contributed by atoms with Crippen molar-refractivity contribution >= 4 is 23.1 Å². The molecule has 33 heavy (non-hydrogen) atoms. The molecule has 1 fully saturated rings. The number of amides is 1. The van der Waals surface area contributed by atoms with Gasteiger partial charge in [-0.15, -0.1) is 11.3 Å². The van der Waals surface area contributed by atoms with E-state index in [1.165, 1.54) is 42.8 Å². The quantitative estimate of drug-likeness (QED) is 0.524. The minimum absolute atomic E-state index is 0.0688. The highest BCUT2D eigenvalue weighted by Gasteiger charge is 2.22. The molecule has 0 aliphatic carbocycles. The molecule has 0 radical (unpaired) electrons. The Morgan fingerprint density at radius 3 is 2.55 bits per heavy atom. The molecule has 1 aromatic carbocycles. The normalized spacial score (nSPS) is 15.0. The fraction of sp³-hybridized carbons (Fsp3) is 0.500. The van der Waals surface area contributed by atoms with Crippen molar-refractivity contribution in [3.63, 3.8) is 0 Å². The molecule has 6 nitrogen and oxygen atoms in total. The number of likely N-dealkylation sites (tertiary alicyclic amines) is 1. The van der Waals surface area contributed by atoms with Crippen molar-refractivity contribution in [1.29, 1.82) is 0 Å². The van der Waals surface area contributed by atoms with E-state index in [4.69, 9.17) is 5.10 Å². The molecule has 176 valence electrons. The van der Waals surface area contributed by atoms with Gasteiger partial charge in [0.25, 0.3) is 0 Å². The van der Waals surface area contributed by atoms with Gasteiger partial charge < -0.3 is 10.2 Å². The Labute approximate surface area is 201 Å². The Bertz CT molecular complexity index is 1070. The van der Waals surface area contributed by atoms with Crippen molar-refractivity contribution in [2.75, 3.05) is 25.0 Å². The van der Waals surface area contributed by atoms with Gasteiger partial charge in [0.1, 0.15) is 10.8 Å². The average Bonchev–Trinajstić information content (AvgIpc) is 3.40. The van der Waals surface area contributed by atoms with Crippen molar-refractivity contribution in [1.82, 2.24) is 19.7 Å². The minimum atomic E-state index is -0.117. The van der Waals surface area contributed by atoms with Gasteiger partial charge in [0, 0.05) is 29.1 Å². The summed E-state index contributed by atoms with van der Waals surface area (Å²) in [6.45, 7) is 11.9. The molecule has 1 saturated heterocycles. The standard InChI is InChI=1S/C26H35N5OS/c1-19-8-10-20(11-9-19)31-23(16-22(29-31)26(2,3)4)28-24(32)17-25-27-18-21(33-25)12-15-30-13-6-5-7-14-30/h8-11,16,18H,5-7,12-15,17H2,1-4H3,(H,28,32). The number of nitrogens with zero attached hydrogens (tertiary/aromatic N) is 4. The van der Waals surface area contributed by atoms with Crippen LogP contribution in [0, 0.1) is 6.92 Å². The van der Waals surface area contributed by atoms with Crippen molar-refractivity contribution in [3.8, 4) is 5.69 Å². The first kappa shape index (κ1) is 23.6. The Kier molecular flexibility index (Phi) is 7.29. The molecule has 1 amide bonds. The van der Waals surface area contributed by atoms with E-state index in [1.807, 2.05) is 29.1 Å². The van der Waals surface area contributed by atoms with Gasteiger partial charge in [-0.25, -0.2) is 9.67 Å². The summed E-state index contributed by atoms with van der Waals surface area (Å²) in [6.07, 6.45) is 7.20. The molecule has 0 atom stereocenters. The predicted molar refractivity (Wildman–Crippen MR) is 135 cm³/mol. The van der Waals surface area contributed by atoms with E-state index in [9.17, 15) is 4.79 Å². The van der Waals surface area contributed by atoms with E-state index >= 15 is 0 Å². The molecular weight excluding hydrogens is 430 g/mol. The number of carbonyl (C=O) groups excluding carboxylic acids is 1. The maximum atomic E-state index is 12.9. The number of anilines is 1. The second-order valence-corrected chi connectivity index (χ2v) is 11.2. The Morgan fingerprint density at radius 1 is 1.12 bits per heavy atom. The predicted octanol–water partition coefficient (Wildman–Crippen LogP) is 5.14. The lowest BCUT2D eigenvalue weighted by atomic mass is 9.92. The van der Waals surface area contributed by atoms with Gasteiger partial charge in [-0.3, -0.25) is 4.79 Å². The van der Waals surface area contributed by atoms with Crippen LogP contribution in [0.15, 0.2) is 36.5 Å². The molecule has 3 heterocycles. The molecule has 0 spiro atoms. The fourth-order valence-electron chi connectivity index (χ4n) is 4.04. The zero-order chi connectivity index (χ0) is 23.4. The molecule has 1 aliphatic rings. The molecule has 0 bridgehead atoms. The van der Waals surface area contributed by atoms with Gasteiger partial charge in [-0.2, -0.15) is 5.10 Å². The van der Waals surface area contributed by atoms with Crippen LogP contribution in [0.25, 0.3) is 5.69 Å². The van der Waals surface area contributed by atoms with Crippen LogP contribution >= 0.6 is 11.3 Å². The van der Waals surface area contributed by atoms with E-state index in [0.29, 0.717) is 5.82 Å². The molecule has 0 unspecified atom stereocenters. The van der Waals surface area contributed by atoms with Crippen LogP contribution in [0.2, 0.25) is 0 Å². The molecule has 7 heteroatoms. The van der Waals surface area contributed by atoms with E-state index in [-0.39, 0.29) is 17.7 Å². The number of hydrogen-bond acceptors (Lipinski definition) is 5. The summed E-state index contributed by atoms with van der Waals surface area (Å²) < 4.78 is 1.82. The number of aryl methyl sites for hydroxylation is 1. The summed E-state index contributed by atoms with van der Waals surface area (Å²) in [6, 6.07) is 10.1. The van der Waals surface area contributed by atoms with Crippen LogP contribution in [0.5, 0.6) is 0 Å². The van der Waals surface area contributed by atoms with E-state index < -0.39 is 0 Å². The molecule has 1 aliphatic heterocycles. The largest absolute Gasteiger partial charge is 0.310 e. The van der Waals surface area contributed by atoms with Crippen molar-refractivity contribution < 1.29 is 4.79 Å². The Balaban J connectivity index is 1.42. The topological polar surface area (TPSA) is 63.1 Å². The summed E-state index contributed by atoms with van der Waals surface area (Å²) in [5.74, 6) is 0.622. The highest BCUT2D eigenvalue weighted by molar-refractivity contribution is 7.11. The highest BCUT2D eigenvalue weighted by atomic mass is 32.1. The van der Waals surface area contributed by atoms with E-state index in [1.54, 1.807) is 11.3 Å².